The lowest BCUT2D eigenvalue weighted by atomic mass is 9.98. The first-order valence-corrected chi connectivity index (χ1v) is 8.40. The zero-order chi connectivity index (χ0) is 14.8. The summed E-state index contributed by atoms with van der Waals surface area (Å²) in [7, 11) is 0. The van der Waals surface area contributed by atoms with Gasteiger partial charge in [0.05, 0.1) is 0 Å². The van der Waals surface area contributed by atoms with E-state index in [4.69, 9.17) is 5.73 Å². The van der Waals surface area contributed by atoms with Crippen LogP contribution in [0.15, 0.2) is 69.6 Å². The molecule has 0 fully saturated rings. The average molecular weight is 405 g/mol. The molecule has 3 rings (SSSR count). The van der Waals surface area contributed by atoms with Crippen LogP contribution in [0.2, 0.25) is 0 Å². The second-order valence-electron chi connectivity index (χ2n) is 5.19. The molecule has 0 heterocycles. The average Bonchev–Trinajstić information content (AvgIpc) is 2.46. The quantitative estimate of drug-likeness (QED) is 0.603. The van der Waals surface area contributed by atoms with Gasteiger partial charge >= 0.3 is 0 Å². The zero-order valence-electron chi connectivity index (χ0n) is 11.4. The molecule has 0 radical (unpaired) electrons. The van der Waals surface area contributed by atoms with Gasteiger partial charge < -0.3 is 5.73 Å². The largest absolute Gasteiger partial charge is 0.324 e. The van der Waals surface area contributed by atoms with E-state index in [0.717, 1.165) is 20.9 Å². The molecule has 3 heteroatoms. The van der Waals surface area contributed by atoms with Crippen LogP contribution < -0.4 is 5.73 Å². The van der Waals surface area contributed by atoms with E-state index in [-0.39, 0.29) is 6.04 Å². The highest BCUT2D eigenvalue weighted by atomic mass is 79.9. The van der Waals surface area contributed by atoms with Crippen LogP contribution in [0.1, 0.15) is 17.2 Å². The highest BCUT2D eigenvalue weighted by molar-refractivity contribution is 9.11. The van der Waals surface area contributed by atoms with Crippen LogP contribution in [-0.4, -0.2) is 0 Å². The molecular weight excluding hydrogens is 390 g/mol. The molecule has 0 saturated carbocycles. The lowest BCUT2D eigenvalue weighted by molar-refractivity contribution is 0.721. The molecule has 0 aliphatic carbocycles. The fourth-order valence-corrected chi connectivity index (χ4v) is 3.86. The van der Waals surface area contributed by atoms with Crippen LogP contribution in [0.25, 0.3) is 10.8 Å². The van der Waals surface area contributed by atoms with E-state index in [1.807, 2.05) is 6.07 Å². The topological polar surface area (TPSA) is 26.0 Å². The summed E-state index contributed by atoms with van der Waals surface area (Å²) < 4.78 is 2.08. The third-order valence-electron chi connectivity index (χ3n) is 3.58. The van der Waals surface area contributed by atoms with E-state index in [9.17, 15) is 0 Å². The smallest absolute Gasteiger partial charge is 0.0336 e. The predicted octanol–water partition coefficient (Wildman–Crippen LogP) is 5.61. The van der Waals surface area contributed by atoms with Gasteiger partial charge in [-0.3, -0.25) is 0 Å². The number of nitrogens with two attached hydrogens (primary N) is 1. The van der Waals surface area contributed by atoms with Gasteiger partial charge in [0.25, 0.3) is 0 Å². The van der Waals surface area contributed by atoms with Crippen molar-refractivity contribution < 1.29 is 0 Å². The maximum atomic E-state index is 6.37. The monoisotopic (exact) mass is 403 g/mol. The SMILES string of the molecule is NC(Cc1ccc2ccccc2c1)c1cc(Br)cc(Br)c1. The second kappa shape index (κ2) is 6.30. The Balaban J connectivity index is 1.86. The molecule has 21 heavy (non-hydrogen) atoms. The Morgan fingerprint density at radius 1 is 0.810 bits per heavy atom. The van der Waals surface area contributed by atoms with E-state index in [1.54, 1.807) is 0 Å². The predicted molar refractivity (Wildman–Crippen MR) is 96.4 cm³/mol. The number of hydrogen-bond donors (Lipinski definition) is 1. The minimum Gasteiger partial charge on any atom is -0.324 e. The highest BCUT2D eigenvalue weighted by Gasteiger charge is 2.09. The molecule has 2 N–H and O–H groups in total. The van der Waals surface area contributed by atoms with Gasteiger partial charge in [-0.1, -0.05) is 74.3 Å². The molecule has 3 aromatic rings. The van der Waals surface area contributed by atoms with Crippen molar-refractivity contribution >= 4 is 42.6 Å². The van der Waals surface area contributed by atoms with Gasteiger partial charge in [0.15, 0.2) is 0 Å². The summed E-state index contributed by atoms with van der Waals surface area (Å²) in [5, 5.41) is 2.53. The fraction of sp³-hybridized carbons (Fsp3) is 0.111. The van der Waals surface area contributed by atoms with E-state index in [2.05, 4.69) is 86.5 Å². The molecule has 0 amide bonds. The van der Waals surface area contributed by atoms with Crippen LogP contribution in [0, 0.1) is 0 Å². The van der Waals surface area contributed by atoms with E-state index >= 15 is 0 Å². The summed E-state index contributed by atoms with van der Waals surface area (Å²) in [6.07, 6.45) is 0.827. The lowest BCUT2D eigenvalue weighted by Gasteiger charge is -2.14. The maximum absolute atomic E-state index is 6.37. The highest BCUT2D eigenvalue weighted by Crippen LogP contribution is 2.26. The normalized spacial score (nSPS) is 12.5. The summed E-state index contributed by atoms with van der Waals surface area (Å²) >= 11 is 7.03. The van der Waals surface area contributed by atoms with Crippen LogP contribution in [0.4, 0.5) is 0 Å². The van der Waals surface area contributed by atoms with Crippen molar-refractivity contribution in [1.82, 2.24) is 0 Å². The standard InChI is InChI=1S/C18H15Br2N/c19-16-9-15(10-17(20)11-16)18(21)8-12-5-6-13-3-1-2-4-14(13)7-12/h1-7,9-11,18H,8,21H2. The van der Waals surface area contributed by atoms with E-state index in [0.29, 0.717) is 0 Å². The van der Waals surface area contributed by atoms with Crippen molar-refractivity contribution in [3.05, 3.63) is 80.7 Å². The summed E-state index contributed by atoms with van der Waals surface area (Å²) in [4.78, 5) is 0. The van der Waals surface area contributed by atoms with Crippen molar-refractivity contribution in [1.29, 1.82) is 0 Å². The number of rotatable bonds is 3. The van der Waals surface area contributed by atoms with Gasteiger partial charge in [0.1, 0.15) is 0 Å². The third-order valence-corrected chi connectivity index (χ3v) is 4.50. The van der Waals surface area contributed by atoms with Gasteiger partial charge in [0.2, 0.25) is 0 Å². The van der Waals surface area contributed by atoms with Crippen LogP contribution >= 0.6 is 31.9 Å². The molecule has 106 valence electrons. The van der Waals surface area contributed by atoms with E-state index < -0.39 is 0 Å². The second-order valence-corrected chi connectivity index (χ2v) is 7.03. The fourth-order valence-electron chi connectivity index (χ4n) is 2.53. The van der Waals surface area contributed by atoms with Crippen molar-refractivity contribution in [3.63, 3.8) is 0 Å². The zero-order valence-corrected chi connectivity index (χ0v) is 14.6. The summed E-state index contributed by atoms with van der Waals surface area (Å²) in [5.74, 6) is 0. The van der Waals surface area contributed by atoms with Crippen molar-refractivity contribution in [3.8, 4) is 0 Å². The van der Waals surface area contributed by atoms with Gasteiger partial charge in [-0.05, 0) is 46.5 Å². The van der Waals surface area contributed by atoms with Crippen LogP contribution in [-0.2, 0) is 6.42 Å². The molecule has 0 aromatic heterocycles. The minimum absolute atomic E-state index is 0.0139. The lowest BCUT2D eigenvalue weighted by Crippen LogP contribution is -2.13. The van der Waals surface area contributed by atoms with Crippen LogP contribution in [0.5, 0.6) is 0 Å². The first-order chi connectivity index (χ1) is 10.1. The molecular formula is C18H15Br2N. The Morgan fingerprint density at radius 3 is 2.19 bits per heavy atom. The number of hydrogen-bond acceptors (Lipinski definition) is 1. The minimum atomic E-state index is -0.0139. The maximum Gasteiger partial charge on any atom is 0.0336 e. The number of fused-ring (bicyclic) bond motifs is 1. The van der Waals surface area contributed by atoms with E-state index in [1.165, 1.54) is 16.3 Å². The van der Waals surface area contributed by atoms with Gasteiger partial charge in [-0.25, -0.2) is 0 Å². The Morgan fingerprint density at radius 2 is 1.48 bits per heavy atom. The number of halogens is 2. The molecule has 0 bridgehead atoms. The number of benzene rings is 3. The first kappa shape index (κ1) is 14.8. The van der Waals surface area contributed by atoms with Crippen LogP contribution in [0.3, 0.4) is 0 Å². The molecule has 0 aliphatic heterocycles. The van der Waals surface area contributed by atoms with Crippen molar-refractivity contribution in [2.75, 3.05) is 0 Å². The third kappa shape index (κ3) is 3.54. The Hall–Kier alpha value is -1.16. The molecule has 0 saturated heterocycles. The Bertz CT molecular complexity index is 763. The van der Waals surface area contributed by atoms with Crippen molar-refractivity contribution in [2.45, 2.75) is 12.5 Å². The summed E-state index contributed by atoms with van der Waals surface area (Å²) in [6, 6.07) is 21.1. The molecule has 3 aromatic carbocycles. The molecule has 1 nitrogen and oxygen atoms in total. The molecule has 0 spiro atoms. The van der Waals surface area contributed by atoms with Gasteiger partial charge in [-0.2, -0.15) is 0 Å². The summed E-state index contributed by atoms with van der Waals surface area (Å²) in [5.41, 5.74) is 8.76. The molecule has 1 unspecified atom stereocenters. The first-order valence-electron chi connectivity index (χ1n) is 6.81. The Kier molecular flexibility index (Phi) is 4.43. The molecule has 1 atom stereocenters. The van der Waals surface area contributed by atoms with Crippen molar-refractivity contribution in [2.24, 2.45) is 5.73 Å². The molecule has 0 aliphatic rings. The Labute approximate surface area is 141 Å². The summed E-state index contributed by atoms with van der Waals surface area (Å²) in [6.45, 7) is 0. The van der Waals surface area contributed by atoms with Gasteiger partial charge in [0, 0.05) is 15.0 Å². The van der Waals surface area contributed by atoms with Gasteiger partial charge in [-0.15, -0.1) is 0 Å².